The molecule has 0 bridgehead atoms. The first-order valence-corrected chi connectivity index (χ1v) is 10.5. The van der Waals surface area contributed by atoms with Crippen molar-refractivity contribution in [2.45, 2.75) is 39.2 Å². The van der Waals surface area contributed by atoms with Crippen LogP contribution in [0.3, 0.4) is 0 Å². The predicted octanol–water partition coefficient (Wildman–Crippen LogP) is 2.14. The fraction of sp³-hybridized carbons (Fsp3) is 0.588. The minimum Gasteiger partial charge on any atom is -0.261 e. The van der Waals surface area contributed by atoms with Gasteiger partial charge < -0.3 is 0 Å². The molecule has 25 heavy (non-hydrogen) atoms. The Morgan fingerprint density at radius 1 is 1.32 bits per heavy atom. The molecular weight excluding hydrogens is 338 g/mol. The molecule has 0 saturated carbocycles. The van der Waals surface area contributed by atoms with Crippen LogP contribution in [0.15, 0.2) is 24.7 Å². The van der Waals surface area contributed by atoms with E-state index in [-0.39, 0.29) is 12.0 Å². The Bertz CT molecular complexity index is 831. The summed E-state index contributed by atoms with van der Waals surface area (Å²) in [6.07, 6.45) is 9.23. The molecule has 3 rings (SSSR count). The van der Waals surface area contributed by atoms with Crippen LogP contribution in [-0.4, -0.2) is 51.8 Å². The fourth-order valence-corrected chi connectivity index (χ4v) is 4.29. The number of hydrogen-bond donors (Lipinski definition) is 0. The molecule has 0 radical (unpaired) electrons. The van der Waals surface area contributed by atoms with Crippen molar-refractivity contribution in [2.75, 3.05) is 19.3 Å². The van der Waals surface area contributed by atoms with Gasteiger partial charge in [-0.25, -0.2) is 17.7 Å². The van der Waals surface area contributed by atoms with Gasteiger partial charge in [0.25, 0.3) is 0 Å². The Hall–Kier alpha value is -1.80. The Kier molecular flexibility index (Phi) is 5.19. The molecule has 136 valence electrons. The zero-order valence-electron chi connectivity index (χ0n) is 15.0. The van der Waals surface area contributed by atoms with E-state index < -0.39 is 10.0 Å². The smallest absolute Gasteiger partial charge is 0.211 e. The highest BCUT2D eigenvalue weighted by Crippen LogP contribution is 2.24. The molecule has 2 aromatic heterocycles. The van der Waals surface area contributed by atoms with E-state index in [2.05, 4.69) is 23.9 Å². The average molecular weight is 363 g/mol. The highest BCUT2D eigenvalue weighted by atomic mass is 32.2. The number of hydrogen-bond acceptors (Lipinski definition) is 5. The minimum atomic E-state index is -3.12. The topological polar surface area (TPSA) is 81.0 Å². The maximum atomic E-state index is 11.8. The Labute approximate surface area is 149 Å². The van der Waals surface area contributed by atoms with E-state index >= 15 is 0 Å². The maximum Gasteiger partial charge on any atom is 0.211 e. The molecule has 2 aromatic rings. The second-order valence-corrected chi connectivity index (χ2v) is 8.97. The summed E-state index contributed by atoms with van der Waals surface area (Å²) in [7, 11) is -3.12. The molecule has 3 heterocycles. The van der Waals surface area contributed by atoms with Crippen LogP contribution in [0, 0.1) is 5.92 Å². The number of sulfonamides is 1. The van der Waals surface area contributed by atoms with Gasteiger partial charge in [0.2, 0.25) is 10.0 Å². The summed E-state index contributed by atoms with van der Waals surface area (Å²) < 4.78 is 27.1. The van der Waals surface area contributed by atoms with Crippen molar-refractivity contribution in [3.05, 3.63) is 30.4 Å². The van der Waals surface area contributed by atoms with E-state index in [1.807, 2.05) is 10.7 Å². The summed E-state index contributed by atoms with van der Waals surface area (Å²) >= 11 is 0. The number of aromatic nitrogens is 4. The van der Waals surface area contributed by atoms with Gasteiger partial charge in [-0.05, 0) is 45.1 Å². The quantitative estimate of drug-likeness (QED) is 0.813. The van der Waals surface area contributed by atoms with E-state index in [1.54, 1.807) is 22.9 Å². The number of nitrogens with zero attached hydrogens (tertiary/aromatic N) is 5. The van der Waals surface area contributed by atoms with E-state index in [0.29, 0.717) is 13.1 Å². The zero-order chi connectivity index (χ0) is 18.0. The van der Waals surface area contributed by atoms with Gasteiger partial charge in [0.1, 0.15) is 5.69 Å². The average Bonchev–Trinajstić information content (AvgIpc) is 3.04. The molecule has 1 saturated heterocycles. The van der Waals surface area contributed by atoms with Gasteiger partial charge in [-0.3, -0.25) is 9.67 Å². The van der Waals surface area contributed by atoms with Gasteiger partial charge >= 0.3 is 0 Å². The summed E-state index contributed by atoms with van der Waals surface area (Å²) in [5.74, 6) is 0.281. The third-order valence-electron chi connectivity index (χ3n) is 4.55. The molecule has 1 aliphatic rings. The van der Waals surface area contributed by atoms with Crippen LogP contribution in [0.5, 0.6) is 0 Å². The van der Waals surface area contributed by atoms with E-state index in [0.717, 1.165) is 36.3 Å². The SMILES string of the molecule is CC(C)n1nccc1-c1cncc(CC2CCCN(S(C)(=O)=O)C2)n1. The lowest BCUT2D eigenvalue weighted by molar-refractivity contribution is 0.265. The van der Waals surface area contributed by atoms with E-state index in [4.69, 9.17) is 4.98 Å². The second-order valence-electron chi connectivity index (χ2n) is 6.98. The molecular formula is C17H25N5O2S. The van der Waals surface area contributed by atoms with Gasteiger partial charge in [0.05, 0.1) is 23.8 Å². The van der Waals surface area contributed by atoms with Crippen LogP contribution in [0.25, 0.3) is 11.4 Å². The summed E-state index contributed by atoms with van der Waals surface area (Å²) in [6, 6.07) is 2.19. The molecule has 8 heteroatoms. The van der Waals surface area contributed by atoms with Gasteiger partial charge in [-0.2, -0.15) is 5.10 Å². The first-order chi connectivity index (χ1) is 11.8. The van der Waals surface area contributed by atoms with Crippen molar-refractivity contribution in [1.82, 2.24) is 24.1 Å². The molecule has 1 fully saturated rings. The molecule has 0 amide bonds. The fourth-order valence-electron chi connectivity index (χ4n) is 3.35. The third-order valence-corrected chi connectivity index (χ3v) is 5.82. The van der Waals surface area contributed by atoms with Crippen molar-refractivity contribution < 1.29 is 8.42 Å². The highest BCUT2D eigenvalue weighted by Gasteiger charge is 2.26. The molecule has 0 N–H and O–H groups in total. The number of piperidine rings is 1. The predicted molar refractivity (Wildman–Crippen MR) is 96.5 cm³/mol. The summed E-state index contributed by atoms with van der Waals surface area (Å²) in [5.41, 5.74) is 2.65. The van der Waals surface area contributed by atoms with Crippen molar-refractivity contribution in [1.29, 1.82) is 0 Å². The second kappa shape index (κ2) is 7.21. The minimum absolute atomic E-state index is 0.247. The lowest BCUT2D eigenvalue weighted by atomic mass is 9.95. The van der Waals surface area contributed by atoms with Gasteiger partial charge in [-0.15, -0.1) is 0 Å². The summed E-state index contributed by atoms with van der Waals surface area (Å²) in [5, 5.41) is 4.35. The lowest BCUT2D eigenvalue weighted by Gasteiger charge is -2.30. The molecule has 1 unspecified atom stereocenters. The monoisotopic (exact) mass is 363 g/mol. The van der Waals surface area contributed by atoms with E-state index in [9.17, 15) is 8.42 Å². The van der Waals surface area contributed by atoms with Crippen LogP contribution >= 0.6 is 0 Å². The van der Waals surface area contributed by atoms with Crippen molar-refractivity contribution >= 4 is 10.0 Å². The van der Waals surface area contributed by atoms with Crippen molar-refractivity contribution in [3.63, 3.8) is 0 Å². The molecule has 7 nitrogen and oxygen atoms in total. The van der Waals surface area contributed by atoms with Crippen molar-refractivity contribution in [3.8, 4) is 11.4 Å². The zero-order valence-corrected chi connectivity index (χ0v) is 15.8. The van der Waals surface area contributed by atoms with Crippen LogP contribution in [0.4, 0.5) is 0 Å². The van der Waals surface area contributed by atoms with Gasteiger partial charge in [0.15, 0.2) is 0 Å². The highest BCUT2D eigenvalue weighted by molar-refractivity contribution is 7.88. The lowest BCUT2D eigenvalue weighted by Crippen LogP contribution is -2.39. The molecule has 0 aliphatic carbocycles. The normalized spacial score (nSPS) is 19.4. The Morgan fingerprint density at radius 3 is 2.84 bits per heavy atom. The van der Waals surface area contributed by atoms with Crippen LogP contribution in [0.1, 0.15) is 38.4 Å². The van der Waals surface area contributed by atoms with E-state index in [1.165, 1.54) is 6.26 Å². The van der Waals surface area contributed by atoms with Gasteiger partial charge in [-0.1, -0.05) is 0 Å². The van der Waals surface area contributed by atoms with Gasteiger partial charge in [0, 0.05) is 31.5 Å². The van der Waals surface area contributed by atoms with Crippen LogP contribution in [-0.2, 0) is 16.4 Å². The Balaban J connectivity index is 1.77. The van der Waals surface area contributed by atoms with Crippen LogP contribution in [0.2, 0.25) is 0 Å². The summed E-state index contributed by atoms with van der Waals surface area (Å²) in [4.78, 5) is 9.09. The standard InChI is InChI=1S/C17H25N5O2S/c1-13(2)22-17(6-7-19-22)16-11-18-10-15(20-16)9-14-5-4-8-21(12-14)25(3,23)24/h6-7,10-11,13-14H,4-5,8-9,12H2,1-3H3. The Morgan fingerprint density at radius 2 is 2.12 bits per heavy atom. The maximum absolute atomic E-state index is 11.8. The van der Waals surface area contributed by atoms with Crippen molar-refractivity contribution in [2.24, 2.45) is 5.92 Å². The number of rotatable bonds is 5. The molecule has 0 spiro atoms. The molecule has 0 aromatic carbocycles. The molecule has 1 atom stereocenters. The summed E-state index contributed by atoms with van der Waals surface area (Å²) in [6.45, 7) is 5.34. The first-order valence-electron chi connectivity index (χ1n) is 8.64. The molecule has 1 aliphatic heterocycles. The van der Waals surface area contributed by atoms with Crippen LogP contribution < -0.4 is 0 Å². The third kappa shape index (κ3) is 4.24. The largest absolute Gasteiger partial charge is 0.261 e. The first kappa shape index (κ1) is 18.0.